The minimum Gasteiger partial charge on any atom is -0.459 e. The number of morpholine rings is 1. The van der Waals surface area contributed by atoms with Crippen LogP contribution < -0.4 is 5.32 Å². The highest BCUT2D eigenvalue weighted by Gasteiger charge is 2.26. The van der Waals surface area contributed by atoms with Crippen molar-refractivity contribution in [2.45, 2.75) is 12.6 Å². The maximum absolute atomic E-state index is 11.6. The summed E-state index contributed by atoms with van der Waals surface area (Å²) in [4.78, 5) is 22.6. The summed E-state index contributed by atoms with van der Waals surface area (Å²) in [6.45, 7) is 0.369. The van der Waals surface area contributed by atoms with Crippen LogP contribution in [0.4, 0.5) is 0 Å². The van der Waals surface area contributed by atoms with Gasteiger partial charge in [-0.05, 0) is 5.56 Å². The van der Waals surface area contributed by atoms with Crippen molar-refractivity contribution in [2.24, 2.45) is 0 Å². The Morgan fingerprint density at radius 1 is 1.41 bits per heavy atom. The molecule has 0 radical (unpaired) electrons. The molecule has 0 bridgehead atoms. The molecule has 1 unspecified atom stereocenters. The lowest BCUT2D eigenvalue weighted by Crippen LogP contribution is -2.50. The number of amides is 1. The van der Waals surface area contributed by atoms with E-state index >= 15 is 0 Å². The molecule has 5 heteroatoms. The molecule has 1 N–H and O–H groups in total. The van der Waals surface area contributed by atoms with Crippen LogP contribution in [-0.4, -0.2) is 31.1 Å². The second-order valence-corrected chi connectivity index (χ2v) is 3.73. The van der Waals surface area contributed by atoms with Crippen molar-refractivity contribution in [1.29, 1.82) is 0 Å². The molecule has 1 aliphatic rings. The maximum atomic E-state index is 11.6. The molecule has 5 nitrogen and oxygen atoms in total. The lowest BCUT2D eigenvalue weighted by Gasteiger charge is -2.21. The zero-order valence-corrected chi connectivity index (χ0v) is 9.22. The highest BCUT2D eigenvalue weighted by molar-refractivity contribution is 5.86. The van der Waals surface area contributed by atoms with E-state index in [0.717, 1.165) is 5.56 Å². The van der Waals surface area contributed by atoms with E-state index in [1.165, 1.54) is 0 Å². The molecule has 0 aliphatic carbocycles. The van der Waals surface area contributed by atoms with Crippen molar-refractivity contribution < 1.29 is 19.1 Å². The fourth-order valence-corrected chi connectivity index (χ4v) is 1.50. The molecule has 1 aromatic rings. The van der Waals surface area contributed by atoms with Gasteiger partial charge in [0, 0.05) is 0 Å². The normalized spacial score (nSPS) is 19.5. The van der Waals surface area contributed by atoms with Gasteiger partial charge in [-0.25, -0.2) is 4.79 Å². The van der Waals surface area contributed by atoms with Gasteiger partial charge in [0.2, 0.25) is 5.91 Å². The van der Waals surface area contributed by atoms with Crippen LogP contribution in [0.1, 0.15) is 5.56 Å². The number of rotatable bonds is 3. The molecule has 1 fully saturated rings. The summed E-state index contributed by atoms with van der Waals surface area (Å²) in [5.41, 5.74) is 0.906. The number of nitrogens with one attached hydrogen (secondary N) is 1. The van der Waals surface area contributed by atoms with Crippen molar-refractivity contribution in [3.05, 3.63) is 35.9 Å². The molecule has 0 spiro atoms. The molecule has 0 aromatic heterocycles. The molecule has 1 aliphatic heterocycles. The molecule has 1 aromatic carbocycles. The second kappa shape index (κ2) is 5.45. The Kier molecular flexibility index (Phi) is 3.72. The summed E-state index contributed by atoms with van der Waals surface area (Å²) in [6, 6.07) is 8.66. The zero-order chi connectivity index (χ0) is 12.1. The molecule has 1 heterocycles. The molecule has 0 saturated carbocycles. The van der Waals surface area contributed by atoms with Crippen molar-refractivity contribution in [1.82, 2.24) is 5.32 Å². The molecular formula is C12H13NO4. The van der Waals surface area contributed by atoms with E-state index in [1.807, 2.05) is 30.3 Å². The quantitative estimate of drug-likeness (QED) is 0.762. The molecule has 90 valence electrons. The fraction of sp³-hybridized carbons (Fsp3) is 0.333. The van der Waals surface area contributed by atoms with E-state index in [9.17, 15) is 9.59 Å². The van der Waals surface area contributed by atoms with Crippen LogP contribution in [0.2, 0.25) is 0 Å². The van der Waals surface area contributed by atoms with E-state index in [4.69, 9.17) is 9.47 Å². The summed E-state index contributed by atoms with van der Waals surface area (Å²) >= 11 is 0. The van der Waals surface area contributed by atoms with Gasteiger partial charge in [-0.3, -0.25) is 4.79 Å². The summed E-state index contributed by atoms with van der Waals surface area (Å²) < 4.78 is 10.0. The van der Waals surface area contributed by atoms with E-state index in [-0.39, 0.29) is 25.7 Å². The smallest absolute Gasteiger partial charge is 0.331 e. The van der Waals surface area contributed by atoms with Crippen LogP contribution in [0.25, 0.3) is 0 Å². The first-order valence-electron chi connectivity index (χ1n) is 5.33. The van der Waals surface area contributed by atoms with Gasteiger partial charge in [-0.2, -0.15) is 0 Å². The van der Waals surface area contributed by atoms with Crippen LogP contribution in [0.15, 0.2) is 30.3 Å². The first-order valence-corrected chi connectivity index (χ1v) is 5.33. The molecule has 2 rings (SSSR count). The summed E-state index contributed by atoms with van der Waals surface area (Å²) in [6.07, 6.45) is 0. The standard InChI is InChI=1S/C12H13NO4/c14-11-8-16-7-10(13-11)12(15)17-6-9-4-2-1-3-5-9/h1-5,10H,6-8H2,(H,13,14). The minimum absolute atomic E-state index is 0.00245. The van der Waals surface area contributed by atoms with Crippen molar-refractivity contribution in [3.63, 3.8) is 0 Å². The maximum Gasteiger partial charge on any atom is 0.331 e. The van der Waals surface area contributed by atoms with E-state index in [2.05, 4.69) is 5.32 Å². The SMILES string of the molecule is O=C1COCC(C(=O)OCc2ccccc2)N1. The summed E-state index contributed by atoms with van der Waals surface area (Å²) in [7, 11) is 0. The lowest BCUT2D eigenvalue weighted by molar-refractivity contribution is -0.154. The predicted molar refractivity (Wildman–Crippen MR) is 59.0 cm³/mol. The third-order valence-corrected chi connectivity index (χ3v) is 2.36. The number of carbonyl (C=O) groups is 2. The van der Waals surface area contributed by atoms with E-state index in [0.29, 0.717) is 0 Å². The largest absolute Gasteiger partial charge is 0.459 e. The van der Waals surface area contributed by atoms with Crippen molar-refractivity contribution in [2.75, 3.05) is 13.2 Å². The number of hydrogen-bond donors (Lipinski definition) is 1. The van der Waals surface area contributed by atoms with Crippen LogP contribution in [-0.2, 0) is 25.7 Å². The Morgan fingerprint density at radius 2 is 2.18 bits per heavy atom. The van der Waals surface area contributed by atoms with Crippen molar-refractivity contribution >= 4 is 11.9 Å². The summed E-state index contributed by atoms with van der Waals surface area (Å²) in [5, 5.41) is 2.51. The Balaban J connectivity index is 1.83. The first kappa shape index (κ1) is 11.6. The van der Waals surface area contributed by atoms with Gasteiger partial charge >= 0.3 is 5.97 Å². The van der Waals surface area contributed by atoms with Crippen LogP contribution >= 0.6 is 0 Å². The molecule has 1 amide bonds. The van der Waals surface area contributed by atoms with Gasteiger partial charge in [0.05, 0.1) is 6.61 Å². The third kappa shape index (κ3) is 3.29. The Morgan fingerprint density at radius 3 is 2.88 bits per heavy atom. The topological polar surface area (TPSA) is 64.6 Å². The average molecular weight is 235 g/mol. The lowest BCUT2D eigenvalue weighted by atomic mass is 10.2. The number of esters is 1. The van der Waals surface area contributed by atoms with Gasteiger partial charge in [0.25, 0.3) is 0 Å². The highest BCUT2D eigenvalue weighted by atomic mass is 16.5. The molecule has 17 heavy (non-hydrogen) atoms. The van der Waals surface area contributed by atoms with E-state index in [1.54, 1.807) is 0 Å². The molecular weight excluding hydrogens is 222 g/mol. The Bertz CT molecular complexity index is 404. The van der Waals surface area contributed by atoms with Crippen molar-refractivity contribution in [3.8, 4) is 0 Å². The van der Waals surface area contributed by atoms with Crippen LogP contribution in [0.5, 0.6) is 0 Å². The number of carbonyl (C=O) groups excluding carboxylic acids is 2. The van der Waals surface area contributed by atoms with Gasteiger partial charge in [-0.15, -0.1) is 0 Å². The number of hydrogen-bond acceptors (Lipinski definition) is 4. The highest BCUT2D eigenvalue weighted by Crippen LogP contribution is 2.03. The summed E-state index contributed by atoms with van der Waals surface area (Å²) in [5.74, 6) is -0.764. The van der Waals surface area contributed by atoms with Gasteiger partial charge in [0.15, 0.2) is 6.04 Å². The Labute approximate surface area is 98.7 Å². The molecule has 1 atom stereocenters. The predicted octanol–water partition coefficient (Wildman–Crippen LogP) is 0.245. The third-order valence-electron chi connectivity index (χ3n) is 2.36. The van der Waals surface area contributed by atoms with Gasteiger partial charge in [-0.1, -0.05) is 30.3 Å². The fourth-order valence-electron chi connectivity index (χ4n) is 1.50. The van der Waals surface area contributed by atoms with E-state index < -0.39 is 12.0 Å². The van der Waals surface area contributed by atoms with Gasteiger partial charge in [0.1, 0.15) is 13.2 Å². The zero-order valence-electron chi connectivity index (χ0n) is 9.22. The van der Waals surface area contributed by atoms with Gasteiger partial charge < -0.3 is 14.8 Å². The monoisotopic (exact) mass is 235 g/mol. The number of benzene rings is 1. The number of ether oxygens (including phenoxy) is 2. The average Bonchev–Trinajstić information content (AvgIpc) is 2.37. The van der Waals surface area contributed by atoms with Crippen LogP contribution in [0, 0.1) is 0 Å². The molecule has 1 saturated heterocycles. The Hall–Kier alpha value is -1.88. The second-order valence-electron chi connectivity index (χ2n) is 3.73. The first-order chi connectivity index (χ1) is 8.25. The van der Waals surface area contributed by atoms with Crippen LogP contribution in [0.3, 0.4) is 0 Å². The minimum atomic E-state index is -0.694.